The summed E-state index contributed by atoms with van der Waals surface area (Å²) in [5.74, 6) is 0.347. The van der Waals surface area contributed by atoms with E-state index in [1.54, 1.807) is 11.3 Å². The van der Waals surface area contributed by atoms with Gasteiger partial charge in [-0.2, -0.15) is 0 Å². The molecular weight excluding hydrogens is 348 g/mol. The first-order valence-corrected chi connectivity index (χ1v) is 9.56. The topological polar surface area (TPSA) is 32.3 Å². The summed E-state index contributed by atoms with van der Waals surface area (Å²) < 4.78 is 1.17. The molecule has 0 aromatic carbocycles. The molecule has 0 spiro atoms. The van der Waals surface area contributed by atoms with Crippen LogP contribution in [0.25, 0.3) is 0 Å². The summed E-state index contributed by atoms with van der Waals surface area (Å²) in [6, 6.07) is 4.69. The largest absolute Gasteiger partial charge is 0.340 e. The standard InChI is InChI=1S/C16H25BrN2OS/c1-2-12-19(13-8-10-18-11-9-13)16(20)5-3-4-14-6-7-15(17)21-14/h6-7,13,18H,2-5,8-12H2,1H3. The fourth-order valence-electron chi connectivity index (χ4n) is 2.91. The molecule has 1 N–H and O–H groups in total. The summed E-state index contributed by atoms with van der Waals surface area (Å²) in [6.45, 7) is 5.15. The SMILES string of the molecule is CCCN(C(=O)CCCc1ccc(Br)s1)C1CCNCC1. The molecule has 1 amide bonds. The number of nitrogens with zero attached hydrogens (tertiary/aromatic N) is 1. The quantitative estimate of drug-likeness (QED) is 0.788. The van der Waals surface area contributed by atoms with Crippen molar-refractivity contribution in [1.82, 2.24) is 10.2 Å². The van der Waals surface area contributed by atoms with Crippen LogP contribution in [0, 0.1) is 0 Å². The van der Waals surface area contributed by atoms with Crippen molar-refractivity contribution < 1.29 is 4.79 Å². The fourth-order valence-corrected chi connectivity index (χ4v) is 4.44. The lowest BCUT2D eigenvalue weighted by atomic mass is 10.0. The predicted octanol–water partition coefficient (Wildman–Crippen LogP) is 3.82. The van der Waals surface area contributed by atoms with Crippen molar-refractivity contribution in [2.75, 3.05) is 19.6 Å². The van der Waals surface area contributed by atoms with E-state index in [0.29, 0.717) is 18.4 Å². The van der Waals surface area contributed by atoms with Crippen molar-refractivity contribution in [3.8, 4) is 0 Å². The highest BCUT2D eigenvalue weighted by atomic mass is 79.9. The number of halogens is 1. The second-order valence-corrected chi connectivity index (χ2v) is 8.18. The Bertz CT molecular complexity index is 443. The molecule has 3 nitrogen and oxygen atoms in total. The van der Waals surface area contributed by atoms with Gasteiger partial charge in [0.25, 0.3) is 0 Å². The summed E-state index contributed by atoms with van der Waals surface area (Å²) >= 11 is 5.26. The second-order valence-electron chi connectivity index (χ2n) is 5.63. The molecule has 0 atom stereocenters. The van der Waals surface area contributed by atoms with Gasteiger partial charge in [-0.25, -0.2) is 0 Å². The highest BCUT2D eigenvalue weighted by molar-refractivity contribution is 9.11. The maximum atomic E-state index is 12.5. The summed E-state index contributed by atoms with van der Waals surface area (Å²) in [6.07, 6.45) is 5.89. The van der Waals surface area contributed by atoms with Crippen molar-refractivity contribution in [3.63, 3.8) is 0 Å². The number of carbonyl (C=O) groups excluding carboxylic acids is 1. The lowest BCUT2D eigenvalue weighted by Gasteiger charge is -2.34. The smallest absolute Gasteiger partial charge is 0.222 e. The van der Waals surface area contributed by atoms with Crippen LogP contribution in [0.5, 0.6) is 0 Å². The van der Waals surface area contributed by atoms with Crippen molar-refractivity contribution in [1.29, 1.82) is 0 Å². The van der Waals surface area contributed by atoms with Crippen LogP contribution in [-0.2, 0) is 11.2 Å². The van der Waals surface area contributed by atoms with E-state index in [4.69, 9.17) is 0 Å². The summed E-state index contributed by atoms with van der Waals surface area (Å²) in [7, 11) is 0. The van der Waals surface area contributed by atoms with Crippen molar-refractivity contribution >= 4 is 33.2 Å². The van der Waals surface area contributed by atoms with Gasteiger partial charge in [-0.05, 0) is 73.3 Å². The Balaban J connectivity index is 1.80. The molecule has 1 aromatic rings. The Hall–Kier alpha value is -0.390. The Morgan fingerprint density at radius 2 is 2.19 bits per heavy atom. The predicted molar refractivity (Wildman–Crippen MR) is 92.9 cm³/mol. The zero-order chi connectivity index (χ0) is 15.1. The summed E-state index contributed by atoms with van der Waals surface area (Å²) in [5.41, 5.74) is 0. The molecular formula is C16H25BrN2OS. The molecule has 1 fully saturated rings. The van der Waals surface area contributed by atoms with E-state index in [-0.39, 0.29) is 0 Å². The Kier molecular flexibility index (Phi) is 7.20. The molecule has 0 saturated carbocycles. The number of piperidine rings is 1. The van der Waals surface area contributed by atoms with E-state index in [9.17, 15) is 4.79 Å². The number of thiophene rings is 1. The van der Waals surface area contributed by atoms with Crippen LogP contribution in [0.15, 0.2) is 15.9 Å². The van der Waals surface area contributed by atoms with Gasteiger partial charge in [0.15, 0.2) is 0 Å². The summed E-state index contributed by atoms with van der Waals surface area (Å²) in [4.78, 5) is 16.0. The highest BCUT2D eigenvalue weighted by Crippen LogP contribution is 2.23. The van der Waals surface area contributed by atoms with Gasteiger partial charge in [-0.1, -0.05) is 6.92 Å². The average Bonchev–Trinajstić information content (AvgIpc) is 2.91. The van der Waals surface area contributed by atoms with Crippen LogP contribution in [0.3, 0.4) is 0 Å². The van der Waals surface area contributed by atoms with Gasteiger partial charge in [0.2, 0.25) is 5.91 Å². The molecule has 2 heterocycles. The molecule has 118 valence electrons. The third-order valence-electron chi connectivity index (χ3n) is 3.98. The van der Waals surface area contributed by atoms with E-state index in [0.717, 1.165) is 51.7 Å². The minimum absolute atomic E-state index is 0.347. The van der Waals surface area contributed by atoms with Gasteiger partial charge in [0.1, 0.15) is 0 Å². The molecule has 5 heteroatoms. The maximum absolute atomic E-state index is 12.5. The maximum Gasteiger partial charge on any atom is 0.222 e. The molecule has 0 radical (unpaired) electrons. The monoisotopic (exact) mass is 372 g/mol. The fraction of sp³-hybridized carbons (Fsp3) is 0.688. The van der Waals surface area contributed by atoms with Crippen LogP contribution in [-0.4, -0.2) is 36.5 Å². The minimum Gasteiger partial charge on any atom is -0.340 e. The third kappa shape index (κ3) is 5.38. The number of rotatable bonds is 7. The number of carbonyl (C=O) groups is 1. The van der Waals surface area contributed by atoms with E-state index < -0.39 is 0 Å². The molecule has 0 unspecified atom stereocenters. The first-order chi connectivity index (χ1) is 10.2. The van der Waals surface area contributed by atoms with E-state index >= 15 is 0 Å². The Labute approximate surface area is 140 Å². The summed E-state index contributed by atoms with van der Waals surface area (Å²) in [5, 5.41) is 3.38. The number of aryl methyl sites for hydroxylation is 1. The third-order valence-corrected chi connectivity index (χ3v) is 5.66. The molecule has 0 aliphatic carbocycles. The minimum atomic E-state index is 0.347. The van der Waals surface area contributed by atoms with E-state index in [2.05, 4.69) is 45.2 Å². The normalized spacial score (nSPS) is 16.1. The van der Waals surface area contributed by atoms with Crippen molar-refractivity contribution in [2.24, 2.45) is 0 Å². The molecule has 2 rings (SSSR count). The van der Waals surface area contributed by atoms with Gasteiger partial charge in [-0.3, -0.25) is 4.79 Å². The van der Waals surface area contributed by atoms with Crippen LogP contribution in [0.4, 0.5) is 0 Å². The number of hydrogen-bond acceptors (Lipinski definition) is 3. The zero-order valence-electron chi connectivity index (χ0n) is 12.7. The Morgan fingerprint density at radius 3 is 2.81 bits per heavy atom. The molecule has 21 heavy (non-hydrogen) atoms. The van der Waals surface area contributed by atoms with Gasteiger partial charge >= 0.3 is 0 Å². The average molecular weight is 373 g/mol. The second kappa shape index (κ2) is 8.91. The lowest BCUT2D eigenvalue weighted by Crippen LogP contribution is -2.46. The van der Waals surface area contributed by atoms with E-state index in [1.165, 1.54) is 8.66 Å². The van der Waals surface area contributed by atoms with Crippen LogP contribution < -0.4 is 5.32 Å². The number of hydrogen-bond donors (Lipinski definition) is 1. The number of amides is 1. The molecule has 1 aromatic heterocycles. The van der Waals surface area contributed by atoms with Gasteiger partial charge in [-0.15, -0.1) is 11.3 Å². The molecule has 1 aliphatic heterocycles. The number of nitrogens with one attached hydrogen (secondary N) is 1. The van der Waals surface area contributed by atoms with Crippen molar-refractivity contribution in [2.45, 2.75) is 51.5 Å². The zero-order valence-corrected chi connectivity index (χ0v) is 15.1. The first-order valence-electron chi connectivity index (χ1n) is 7.95. The van der Waals surface area contributed by atoms with Crippen LogP contribution >= 0.6 is 27.3 Å². The molecule has 1 saturated heterocycles. The lowest BCUT2D eigenvalue weighted by molar-refractivity contribution is -0.134. The first kappa shape index (κ1) is 17.0. The van der Waals surface area contributed by atoms with Crippen molar-refractivity contribution in [3.05, 3.63) is 20.8 Å². The highest BCUT2D eigenvalue weighted by Gasteiger charge is 2.24. The van der Waals surface area contributed by atoms with E-state index in [1.807, 2.05) is 0 Å². The van der Waals surface area contributed by atoms with Crippen LogP contribution in [0.1, 0.15) is 43.9 Å². The molecule has 1 aliphatic rings. The van der Waals surface area contributed by atoms with Gasteiger partial charge in [0.05, 0.1) is 3.79 Å². The van der Waals surface area contributed by atoms with Gasteiger partial charge < -0.3 is 10.2 Å². The van der Waals surface area contributed by atoms with Gasteiger partial charge in [0, 0.05) is 23.9 Å². The Morgan fingerprint density at radius 1 is 1.43 bits per heavy atom. The molecule has 0 bridgehead atoms. The van der Waals surface area contributed by atoms with Crippen LogP contribution in [0.2, 0.25) is 0 Å².